The number of aliphatic carboxylic acids is 1. The highest BCUT2D eigenvalue weighted by atomic mass is 16.4. The Kier molecular flexibility index (Phi) is 5.56. The van der Waals surface area contributed by atoms with E-state index in [-0.39, 0.29) is 19.2 Å². The minimum atomic E-state index is -1.22. The number of nitrogens with two attached hydrogens (primary N) is 1. The van der Waals surface area contributed by atoms with Gasteiger partial charge >= 0.3 is 12.0 Å². The van der Waals surface area contributed by atoms with Crippen LogP contribution in [0, 0.1) is 0 Å². The summed E-state index contributed by atoms with van der Waals surface area (Å²) in [5, 5.41) is 17.7. The van der Waals surface area contributed by atoms with Crippen molar-refractivity contribution in [3.05, 3.63) is 0 Å². The van der Waals surface area contributed by atoms with Gasteiger partial charge in [-0.3, -0.25) is 9.59 Å². The van der Waals surface area contributed by atoms with Gasteiger partial charge in [-0.25, -0.2) is 4.79 Å². The third-order valence-corrected chi connectivity index (χ3v) is 3.05. The highest BCUT2D eigenvalue weighted by Crippen LogP contribution is 2.25. The molecular weight excluding hydrogens is 254 g/mol. The third kappa shape index (κ3) is 4.40. The van der Waals surface area contributed by atoms with Gasteiger partial charge in [-0.15, -0.1) is 0 Å². The third-order valence-electron chi connectivity index (χ3n) is 3.05. The summed E-state index contributed by atoms with van der Waals surface area (Å²) in [6.45, 7) is -1.12. The number of primary amides is 1. The number of amides is 3. The van der Waals surface area contributed by atoms with E-state index in [0.29, 0.717) is 0 Å². The quantitative estimate of drug-likeness (QED) is 0.539. The van der Waals surface area contributed by atoms with E-state index in [0.717, 1.165) is 24.2 Å². The second-order valence-corrected chi connectivity index (χ2v) is 4.50. The molecular formula is C11H19N3O5. The first-order valence-electron chi connectivity index (χ1n) is 6.12. The van der Waals surface area contributed by atoms with Crippen molar-refractivity contribution in [1.82, 2.24) is 9.80 Å². The van der Waals surface area contributed by atoms with E-state index >= 15 is 0 Å². The number of urea groups is 1. The first kappa shape index (κ1) is 15.2. The Morgan fingerprint density at radius 1 is 1.21 bits per heavy atom. The lowest BCUT2D eigenvalue weighted by Crippen LogP contribution is -2.54. The Morgan fingerprint density at radius 3 is 2.21 bits per heavy atom. The van der Waals surface area contributed by atoms with E-state index in [2.05, 4.69) is 0 Å². The Bertz CT molecular complexity index is 340. The number of carbonyl (C=O) groups is 3. The molecule has 0 aromatic carbocycles. The molecule has 1 aliphatic rings. The van der Waals surface area contributed by atoms with Crippen molar-refractivity contribution in [2.45, 2.75) is 25.3 Å². The highest BCUT2D eigenvalue weighted by Gasteiger charge is 2.32. The van der Waals surface area contributed by atoms with E-state index < -0.39 is 31.0 Å². The number of carbonyl (C=O) groups excluding carboxylic acids is 2. The summed E-state index contributed by atoms with van der Waals surface area (Å²) in [6, 6.07) is -0.566. The molecule has 0 spiro atoms. The van der Waals surface area contributed by atoms with Gasteiger partial charge in [0.05, 0.1) is 6.61 Å². The van der Waals surface area contributed by atoms with E-state index in [1.54, 1.807) is 0 Å². The zero-order valence-electron chi connectivity index (χ0n) is 10.6. The molecule has 19 heavy (non-hydrogen) atoms. The minimum absolute atomic E-state index is 0.00354. The predicted octanol–water partition coefficient (Wildman–Crippen LogP) is -1.17. The van der Waals surface area contributed by atoms with Crippen LogP contribution in [0.2, 0.25) is 0 Å². The number of rotatable bonds is 7. The van der Waals surface area contributed by atoms with Crippen LogP contribution >= 0.6 is 0 Å². The van der Waals surface area contributed by atoms with Gasteiger partial charge < -0.3 is 25.7 Å². The Morgan fingerprint density at radius 2 is 1.84 bits per heavy atom. The molecule has 0 bridgehead atoms. The average molecular weight is 273 g/mol. The number of aliphatic hydroxyl groups is 1. The molecule has 8 heteroatoms. The number of carboxylic acid groups (broad SMARTS) is 1. The van der Waals surface area contributed by atoms with Gasteiger partial charge in [-0.1, -0.05) is 0 Å². The summed E-state index contributed by atoms with van der Waals surface area (Å²) in [6.07, 6.45) is 2.64. The van der Waals surface area contributed by atoms with Crippen LogP contribution in [0.4, 0.5) is 4.79 Å². The summed E-state index contributed by atoms with van der Waals surface area (Å²) in [4.78, 5) is 36.1. The maximum absolute atomic E-state index is 12.2. The first-order valence-corrected chi connectivity index (χ1v) is 6.12. The van der Waals surface area contributed by atoms with Gasteiger partial charge in [0.1, 0.15) is 13.1 Å². The number of hydrogen-bond donors (Lipinski definition) is 3. The summed E-state index contributed by atoms with van der Waals surface area (Å²) in [5.74, 6) is -1.99. The summed E-state index contributed by atoms with van der Waals surface area (Å²) < 4.78 is 0. The SMILES string of the molecule is NC(=O)CN(CC(=O)O)C(=O)N(CCO)C1CCC1. The smallest absolute Gasteiger partial charge is 0.323 e. The maximum atomic E-state index is 12.2. The topological polar surface area (TPSA) is 124 Å². The molecule has 0 unspecified atom stereocenters. The van der Waals surface area contributed by atoms with Crippen LogP contribution in [0.15, 0.2) is 0 Å². The van der Waals surface area contributed by atoms with Crippen molar-refractivity contribution in [3.8, 4) is 0 Å². The van der Waals surface area contributed by atoms with Crippen molar-refractivity contribution < 1.29 is 24.6 Å². The molecule has 108 valence electrons. The largest absolute Gasteiger partial charge is 0.480 e. The molecule has 0 aliphatic heterocycles. The minimum Gasteiger partial charge on any atom is -0.480 e. The Labute approximate surface area is 110 Å². The number of carboxylic acids is 1. The van der Waals surface area contributed by atoms with Crippen LogP contribution in [-0.2, 0) is 9.59 Å². The molecule has 1 aliphatic carbocycles. The molecule has 0 radical (unpaired) electrons. The first-order chi connectivity index (χ1) is 8.95. The highest BCUT2D eigenvalue weighted by molar-refractivity contribution is 5.86. The summed E-state index contributed by atoms with van der Waals surface area (Å²) in [5.41, 5.74) is 5.01. The van der Waals surface area contributed by atoms with Crippen LogP contribution in [0.3, 0.4) is 0 Å². The van der Waals surface area contributed by atoms with Crippen molar-refractivity contribution in [3.63, 3.8) is 0 Å². The average Bonchev–Trinajstić information content (AvgIpc) is 2.23. The summed E-state index contributed by atoms with van der Waals surface area (Å²) in [7, 11) is 0. The maximum Gasteiger partial charge on any atom is 0.323 e. The van der Waals surface area contributed by atoms with Crippen molar-refractivity contribution in [1.29, 1.82) is 0 Å². The fourth-order valence-electron chi connectivity index (χ4n) is 1.96. The zero-order chi connectivity index (χ0) is 14.4. The monoisotopic (exact) mass is 273 g/mol. The Balaban J connectivity index is 2.75. The van der Waals surface area contributed by atoms with Gasteiger partial charge in [-0.2, -0.15) is 0 Å². The van der Waals surface area contributed by atoms with E-state index in [1.807, 2.05) is 0 Å². The fraction of sp³-hybridized carbons (Fsp3) is 0.727. The fourth-order valence-corrected chi connectivity index (χ4v) is 1.96. The molecule has 0 aromatic heterocycles. The zero-order valence-corrected chi connectivity index (χ0v) is 10.6. The van der Waals surface area contributed by atoms with E-state index in [9.17, 15) is 14.4 Å². The van der Waals surface area contributed by atoms with Gasteiger partial charge in [-0.05, 0) is 19.3 Å². The van der Waals surface area contributed by atoms with Gasteiger partial charge in [0.15, 0.2) is 0 Å². The van der Waals surface area contributed by atoms with Crippen molar-refractivity contribution in [2.75, 3.05) is 26.2 Å². The lowest BCUT2D eigenvalue weighted by Gasteiger charge is -2.39. The number of hydrogen-bond acceptors (Lipinski definition) is 4. The van der Waals surface area contributed by atoms with Crippen molar-refractivity contribution in [2.24, 2.45) is 5.73 Å². The lowest BCUT2D eigenvalue weighted by atomic mass is 9.91. The molecule has 0 heterocycles. The normalized spacial score (nSPS) is 14.6. The standard InChI is InChI=1S/C11H19N3O5/c12-9(16)6-13(7-10(17)18)11(19)14(4-5-15)8-2-1-3-8/h8,15H,1-7H2,(H2,12,16)(H,17,18). The number of aliphatic hydroxyl groups excluding tert-OH is 1. The van der Waals surface area contributed by atoms with Gasteiger partial charge in [0.25, 0.3) is 0 Å². The second kappa shape index (κ2) is 6.93. The lowest BCUT2D eigenvalue weighted by molar-refractivity contribution is -0.138. The van der Waals surface area contributed by atoms with Gasteiger partial charge in [0, 0.05) is 12.6 Å². The van der Waals surface area contributed by atoms with Crippen LogP contribution < -0.4 is 5.73 Å². The molecule has 1 rings (SSSR count). The second-order valence-electron chi connectivity index (χ2n) is 4.50. The van der Waals surface area contributed by atoms with Crippen molar-refractivity contribution >= 4 is 17.9 Å². The molecule has 1 saturated carbocycles. The summed E-state index contributed by atoms with van der Waals surface area (Å²) >= 11 is 0. The molecule has 1 fully saturated rings. The number of nitrogens with zero attached hydrogens (tertiary/aromatic N) is 2. The Hall–Kier alpha value is -1.83. The molecule has 8 nitrogen and oxygen atoms in total. The molecule has 3 amide bonds. The molecule has 0 aromatic rings. The van der Waals surface area contributed by atoms with Crippen LogP contribution in [0.5, 0.6) is 0 Å². The van der Waals surface area contributed by atoms with Gasteiger partial charge in [0.2, 0.25) is 5.91 Å². The predicted molar refractivity (Wildman–Crippen MR) is 65.2 cm³/mol. The van der Waals surface area contributed by atoms with Crippen LogP contribution in [-0.4, -0.2) is 70.2 Å². The van der Waals surface area contributed by atoms with E-state index in [1.165, 1.54) is 4.90 Å². The van der Waals surface area contributed by atoms with Crippen LogP contribution in [0.25, 0.3) is 0 Å². The molecule has 4 N–H and O–H groups in total. The van der Waals surface area contributed by atoms with E-state index in [4.69, 9.17) is 15.9 Å². The molecule has 0 saturated heterocycles. The molecule has 0 atom stereocenters. The van der Waals surface area contributed by atoms with Crippen LogP contribution in [0.1, 0.15) is 19.3 Å².